The maximum absolute atomic E-state index is 10.7. The topological polar surface area (TPSA) is 46.3 Å². The molecule has 0 bridgehead atoms. The molecule has 10 heavy (non-hydrogen) atoms. The summed E-state index contributed by atoms with van der Waals surface area (Å²) in [6.45, 7) is 5.18. The SMILES string of the molecule is CC(C)N1CC[C@@H]1C(N)=O. The van der Waals surface area contributed by atoms with E-state index in [1.807, 2.05) is 0 Å². The Morgan fingerprint density at radius 2 is 2.30 bits per heavy atom. The number of hydrogen-bond donors (Lipinski definition) is 1. The highest BCUT2D eigenvalue weighted by molar-refractivity contribution is 5.80. The Kier molecular flexibility index (Phi) is 1.94. The van der Waals surface area contributed by atoms with Crippen LogP contribution in [0.4, 0.5) is 0 Å². The number of nitrogens with zero attached hydrogens (tertiary/aromatic N) is 1. The minimum Gasteiger partial charge on any atom is -0.368 e. The fraction of sp³-hybridized carbons (Fsp3) is 0.857. The Balaban J connectivity index is 2.43. The van der Waals surface area contributed by atoms with Crippen LogP contribution in [0.3, 0.4) is 0 Å². The minimum atomic E-state index is -0.181. The van der Waals surface area contributed by atoms with E-state index in [0.717, 1.165) is 13.0 Å². The third kappa shape index (κ3) is 1.14. The van der Waals surface area contributed by atoms with E-state index in [1.165, 1.54) is 0 Å². The van der Waals surface area contributed by atoms with E-state index >= 15 is 0 Å². The summed E-state index contributed by atoms with van der Waals surface area (Å²) < 4.78 is 0. The highest BCUT2D eigenvalue weighted by Gasteiger charge is 2.33. The van der Waals surface area contributed by atoms with E-state index in [9.17, 15) is 4.79 Å². The molecule has 1 fully saturated rings. The monoisotopic (exact) mass is 142 g/mol. The number of rotatable bonds is 2. The lowest BCUT2D eigenvalue weighted by Gasteiger charge is -2.41. The summed E-state index contributed by atoms with van der Waals surface area (Å²) in [5, 5.41) is 0. The summed E-state index contributed by atoms with van der Waals surface area (Å²) >= 11 is 0. The molecule has 0 saturated carbocycles. The van der Waals surface area contributed by atoms with Crippen molar-refractivity contribution < 1.29 is 4.79 Å². The second-order valence-electron chi connectivity index (χ2n) is 3.04. The lowest BCUT2D eigenvalue weighted by atomic mass is 10.0. The standard InChI is InChI=1S/C7H14N2O/c1-5(2)9-4-3-6(9)7(8)10/h5-6H,3-4H2,1-2H3,(H2,8,10)/t6-/m1/s1. The van der Waals surface area contributed by atoms with Crippen LogP contribution >= 0.6 is 0 Å². The zero-order chi connectivity index (χ0) is 7.72. The Morgan fingerprint density at radius 1 is 1.70 bits per heavy atom. The summed E-state index contributed by atoms with van der Waals surface area (Å²) in [4.78, 5) is 12.8. The lowest BCUT2D eigenvalue weighted by molar-refractivity contribution is -0.128. The molecule has 1 amide bonds. The van der Waals surface area contributed by atoms with Crippen molar-refractivity contribution in [3.8, 4) is 0 Å². The van der Waals surface area contributed by atoms with Gasteiger partial charge in [0.05, 0.1) is 6.04 Å². The molecule has 0 spiro atoms. The Hall–Kier alpha value is -0.570. The van der Waals surface area contributed by atoms with Gasteiger partial charge in [-0.2, -0.15) is 0 Å². The molecular formula is C7H14N2O. The molecular weight excluding hydrogens is 128 g/mol. The molecule has 1 rings (SSSR count). The van der Waals surface area contributed by atoms with Crippen LogP contribution in [0.2, 0.25) is 0 Å². The fourth-order valence-electron chi connectivity index (χ4n) is 1.33. The summed E-state index contributed by atoms with van der Waals surface area (Å²) in [5.74, 6) is -0.181. The number of carbonyl (C=O) groups is 1. The van der Waals surface area contributed by atoms with Gasteiger partial charge in [0.2, 0.25) is 5.91 Å². The van der Waals surface area contributed by atoms with Crippen LogP contribution in [0.15, 0.2) is 0 Å². The van der Waals surface area contributed by atoms with Crippen LogP contribution in [0.25, 0.3) is 0 Å². The molecule has 0 radical (unpaired) electrons. The summed E-state index contributed by atoms with van der Waals surface area (Å²) in [6.07, 6.45) is 0.938. The highest BCUT2D eigenvalue weighted by Crippen LogP contribution is 2.19. The van der Waals surface area contributed by atoms with Crippen molar-refractivity contribution in [3.63, 3.8) is 0 Å². The van der Waals surface area contributed by atoms with Crippen LogP contribution < -0.4 is 5.73 Å². The maximum Gasteiger partial charge on any atom is 0.234 e. The quantitative estimate of drug-likeness (QED) is 0.587. The number of amides is 1. The molecule has 1 aliphatic heterocycles. The summed E-state index contributed by atoms with van der Waals surface area (Å²) in [7, 11) is 0. The molecule has 0 unspecified atom stereocenters. The highest BCUT2D eigenvalue weighted by atomic mass is 16.1. The molecule has 58 valence electrons. The van der Waals surface area contributed by atoms with E-state index in [2.05, 4.69) is 18.7 Å². The molecule has 0 aliphatic carbocycles. The predicted molar refractivity (Wildman–Crippen MR) is 39.4 cm³/mol. The second-order valence-corrected chi connectivity index (χ2v) is 3.04. The Labute approximate surface area is 61.2 Å². The van der Waals surface area contributed by atoms with Gasteiger partial charge in [-0.1, -0.05) is 0 Å². The molecule has 2 N–H and O–H groups in total. The molecule has 0 aromatic rings. The van der Waals surface area contributed by atoms with Crippen molar-refractivity contribution in [2.75, 3.05) is 6.54 Å². The van der Waals surface area contributed by atoms with Gasteiger partial charge in [0.1, 0.15) is 0 Å². The van der Waals surface area contributed by atoms with Gasteiger partial charge in [-0.25, -0.2) is 0 Å². The number of primary amides is 1. The molecule has 3 heteroatoms. The summed E-state index contributed by atoms with van der Waals surface area (Å²) in [5.41, 5.74) is 5.15. The zero-order valence-electron chi connectivity index (χ0n) is 6.50. The van der Waals surface area contributed by atoms with E-state index in [4.69, 9.17) is 5.73 Å². The molecule has 1 heterocycles. The van der Waals surface area contributed by atoms with Gasteiger partial charge in [0, 0.05) is 12.6 Å². The summed E-state index contributed by atoms with van der Waals surface area (Å²) in [6, 6.07) is 0.464. The average Bonchev–Trinajstić information content (AvgIpc) is 1.56. The number of hydrogen-bond acceptors (Lipinski definition) is 2. The van der Waals surface area contributed by atoms with Crippen molar-refractivity contribution in [1.82, 2.24) is 4.90 Å². The minimum absolute atomic E-state index is 0.0139. The van der Waals surface area contributed by atoms with E-state index in [0.29, 0.717) is 6.04 Å². The zero-order valence-corrected chi connectivity index (χ0v) is 6.50. The van der Waals surface area contributed by atoms with Crippen LogP contribution in [0.5, 0.6) is 0 Å². The predicted octanol–water partition coefficient (Wildman–Crippen LogP) is -0.0456. The van der Waals surface area contributed by atoms with Crippen LogP contribution in [0.1, 0.15) is 20.3 Å². The number of carbonyl (C=O) groups excluding carboxylic acids is 1. The molecule has 1 atom stereocenters. The van der Waals surface area contributed by atoms with Gasteiger partial charge < -0.3 is 5.73 Å². The van der Waals surface area contributed by atoms with E-state index < -0.39 is 0 Å². The average molecular weight is 142 g/mol. The molecule has 0 aromatic heterocycles. The largest absolute Gasteiger partial charge is 0.368 e. The normalized spacial score (nSPS) is 26.5. The molecule has 1 saturated heterocycles. The number of nitrogens with two attached hydrogens (primary N) is 1. The van der Waals surface area contributed by atoms with Gasteiger partial charge in [-0.3, -0.25) is 9.69 Å². The van der Waals surface area contributed by atoms with Crippen molar-refractivity contribution in [1.29, 1.82) is 0 Å². The maximum atomic E-state index is 10.7. The second kappa shape index (κ2) is 2.58. The third-order valence-electron chi connectivity index (χ3n) is 2.05. The van der Waals surface area contributed by atoms with E-state index in [-0.39, 0.29) is 11.9 Å². The van der Waals surface area contributed by atoms with Crippen LogP contribution in [0, 0.1) is 0 Å². The van der Waals surface area contributed by atoms with Crippen molar-refractivity contribution in [2.45, 2.75) is 32.4 Å². The smallest absolute Gasteiger partial charge is 0.234 e. The van der Waals surface area contributed by atoms with Gasteiger partial charge in [-0.15, -0.1) is 0 Å². The Morgan fingerprint density at radius 3 is 2.40 bits per heavy atom. The first-order valence-electron chi connectivity index (χ1n) is 3.68. The third-order valence-corrected chi connectivity index (χ3v) is 2.05. The molecule has 3 nitrogen and oxygen atoms in total. The molecule has 0 aromatic carbocycles. The first-order chi connectivity index (χ1) is 4.63. The van der Waals surface area contributed by atoms with Crippen molar-refractivity contribution in [2.24, 2.45) is 5.73 Å². The van der Waals surface area contributed by atoms with Crippen LogP contribution in [-0.2, 0) is 4.79 Å². The van der Waals surface area contributed by atoms with Crippen molar-refractivity contribution in [3.05, 3.63) is 0 Å². The molecule has 1 aliphatic rings. The van der Waals surface area contributed by atoms with Crippen molar-refractivity contribution >= 4 is 5.91 Å². The first-order valence-corrected chi connectivity index (χ1v) is 3.68. The Bertz CT molecular complexity index is 145. The number of likely N-dealkylation sites (tertiary alicyclic amines) is 1. The lowest BCUT2D eigenvalue weighted by Crippen LogP contribution is -2.57. The van der Waals surface area contributed by atoms with Gasteiger partial charge in [-0.05, 0) is 20.3 Å². The van der Waals surface area contributed by atoms with Gasteiger partial charge >= 0.3 is 0 Å². The van der Waals surface area contributed by atoms with Gasteiger partial charge in [0.25, 0.3) is 0 Å². The first kappa shape index (κ1) is 7.54. The van der Waals surface area contributed by atoms with E-state index in [1.54, 1.807) is 0 Å². The fourth-order valence-corrected chi connectivity index (χ4v) is 1.33. The van der Waals surface area contributed by atoms with Crippen LogP contribution in [-0.4, -0.2) is 29.4 Å². The van der Waals surface area contributed by atoms with Gasteiger partial charge in [0.15, 0.2) is 0 Å².